The van der Waals surface area contributed by atoms with E-state index in [4.69, 9.17) is 9.97 Å². The molecule has 0 saturated carbocycles. The summed E-state index contributed by atoms with van der Waals surface area (Å²) in [6.07, 6.45) is 11.9. The molecule has 2 unspecified atom stereocenters. The summed E-state index contributed by atoms with van der Waals surface area (Å²) >= 11 is 12.6. The van der Waals surface area contributed by atoms with Crippen LogP contribution in [-0.2, 0) is 12.8 Å². The highest BCUT2D eigenvalue weighted by Gasteiger charge is 2.58. The van der Waals surface area contributed by atoms with Crippen molar-refractivity contribution in [2.75, 3.05) is 0 Å². The zero-order valence-corrected chi connectivity index (χ0v) is 47.0. The van der Waals surface area contributed by atoms with Crippen molar-refractivity contribution >= 4 is 137 Å². The Morgan fingerprint density at radius 2 is 0.730 bits per heavy atom. The van der Waals surface area contributed by atoms with Gasteiger partial charge in [0.2, 0.25) is 0 Å². The van der Waals surface area contributed by atoms with Gasteiger partial charge in [-0.1, -0.05) is 76.6 Å². The predicted molar refractivity (Wildman–Crippen MR) is 316 cm³/mol. The van der Waals surface area contributed by atoms with Gasteiger partial charge in [0.15, 0.2) is 0 Å². The van der Waals surface area contributed by atoms with E-state index in [0.717, 1.165) is 61.1 Å². The largest absolute Gasteiger partial charge is 0.674 e. The number of thiazole rings is 2. The highest BCUT2D eigenvalue weighted by Crippen LogP contribution is 2.64. The van der Waals surface area contributed by atoms with Gasteiger partial charge in [-0.3, -0.25) is 17.3 Å². The standard InChI is InChI=1S/C56H48B2F4N4S8/c1-3-5-7-9-15-33-21-23-39(67-33)41-25-27-43(69-41)45-29-31-47(71-45)51-49-50(54(65(51)57(59)60)56-64-36-18-12-14-20-38(36)74-56)52(66(58(61)62)53(49)55-63-35-17-11-13-19-37(35)73-55)48-32-30-46(72-48)44-28-26-42(70-44)40-24-22-34(68-40)16-10-8-6-4-2/h11-14,17-32,53-54H,3-10,15-16H2,1-2H3. The third-order valence-corrected chi connectivity index (χ3v) is 23.3. The molecule has 18 heteroatoms. The first-order valence-corrected chi connectivity index (χ1v) is 31.7. The molecule has 2 aromatic carbocycles. The Morgan fingerprint density at radius 1 is 0.392 bits per heavy atom. The highest BCUT2D eigenvalue weighted by atomic mass is 32.1. The molecule has 2 aliphatic heterocycles. The number of thiophene rings is 6. The summed E-state index contributed by atoms with van der Waals surface area (Å²) < 4.78 is 68.2. The average molecular weight is 1130 g/mol. The van der Waals surface area contributed by atoms with Crippen LogP contribution in [0.25, 0.3) is 70.8 Å². The first-order chi connectivity index (χ1) is 36.2. The molecule has 2 aliphatic rings. The molecule has 12 rings (SSSR count). The van der Waals surface area contributed by atoms with Gasteiger partial charge in [0, 0.05) is 59.9 Å². The van der Waals surface area contributed by atoms with E-state index in [9.17, 15) is 0 Å². The van der Waals surface area contributed by atoms with Crippen molar-refractivity contribution in [2.24, 2.45) is 0 Å². The summed E-state index contributed by atoms with van der Waals surface area (Å²) in [5.74, 6) is 0. The number of unbranched alkanes of at least 4 members (excludes halogenated alkanes) is 6. The Balaban J connectivity index is 0.996. The summed E-state index contributed by atoms with van der Waals surface area (Å²) in [5, 5.41) is 0.845. The molecule has 8 aromatic heterocycles. The normalized spacial score (nSPS) is 15.8. The van der Waals surface area contributed by atoms with E-state index in [0.29, 0.717) is 41.9 Å². The van der Waals surface area contributed by atoms with Crippen LogP contribution in [0.1, 0.15) is 107 Å². The first-order valence-electron chi connectivity index (χ1n) is 25.2. The number of nitrogens with zero attached hydrogens (tertiary/aromatic N) is 4. The molecule has 74 heavy (non-hydrogen) atoms. The van der Waals surface area contributed by atoms with Crippen LogP contribution in [0.15, 0.2) is 132 Å². The van der Waals surface area contributed by atoms with Gasteiger partial charge in [0.05, 0.1) is 41.6 Å². The summed E-state index contributed by atoms with van der Waals surface area (Å²) in [5.41, 5.74) is 2.67. The molecular weight excluding hydrogens is 1080 g/mol. The van der Waals surface area contributed by atoms with Crippen LogP contribution in [0.4, 0.5) is 17.3 Å². The van der Waals surface area contributed by atoms with E-state index in [1.54, 1.807) is 22.7 Å². The third kappa shape index (κ3) is 9.64. The zero-order chi connectivity index (χ0) is 50.5. The Morgan fingerprint density at radius 3 is 1.09 bits per heavy atom. The molecule has 0 N–H and O–H groups in total. The van der Waals surface area contributed by atoms with Crippen molar-refractivity contribution < 1.29 is 17.3 Å². The quantitative estimate of drug-likeness (QED) is 0.0432. The number of halogens is 4. The van der Waals surface area contributed by atoms with Crippen LogP contribution in [0.5, 0.6) is 0 Å². The number of rotatable bonds is 20. The van der Waals surface area contributed by atoms with Gasteiger partial charge < -0.3 is 9.62 Å². The molecule has 0 bridgehead atoms. The van der Waals surface area contributed by atoms with Gasteiger partial charge in [-0.05, 0) is 123 Å². The first kappa shape index (κ1) is 50.2. The van der Waals surface area contributed by atoms with Gasteiger partial charge >= 0.3 is 14.8 Å². The van der Waals surface area contributed by atoms with Crippen LogP contribution in [0.3, 0.4) is 0 Å². The molecule has 0 fully saturated rings. The zero-order valence-electron chi connectivity index (χ0n) is 40.5. The monoisotopic (exact) mass is 1130 g/mol. The highest BCUT2D eigenvalue weighted by molar-refractivity contribution is 7.27. The van der Waals surface area contributed by atoms with Crippen LogP contribution >= 0.6 is 90.7 Å². The Labute approximate surface area is 461 Å². The fourth-order valence-corrected chi connectivity index (χ4v) is 19.0. The number of aryl methyl sites for hydroxylation is 2. The Kier molecular flexibility index (Phi) is 14.8. The maximum Gasteiger partial charge on any atom is 0.674 e. The third-order valence-electron chi connectivity index (χ3n) is 13.7. The second-order valence-corrected chi connectivity index (χ2v) is 27.3. The van der Waals surface area contributed by atoms with Crippen molar-refractivity contribution in [2.45, 2.75) is 90.1 Å². The van der Waals surface area contributed by atoms with Crippen molar-refractivity contribution in [3.8, 4) is 39.0 Å². The van der Waals surface area contributed by atoms with Crippen molar-refractivity contribution in [3.63, 3.8) is 0 Å². The van der Waals surface area contributed by atoms with Crippen molar-refractivity contribution in [1.82, 2.24) is 19.6 Å². The number of hydrogen-bond acceptors (Lipinski definition) is 12. The van der Waals surface area contributed by atoms with E-state index in [-0.39, 0.29) is 11.4 Å². The fourth-order valence-electron chi connectivity index (χ4n) is 10.2. The minimum atomic E-state index is -3.00. The lowest BCUT2D eigenvalue weighted by molar-refractivity contribution is 0.416. The number of para-hydroxylation sites is 2. The Hall–Kier alpha value is -4.65. The second-order valence-electron chi connectivity index (χ2n) is 18.5. The number of benzene rings is 2. The lowest BCUT2D eigenvalue weighted by atomic mass is 9.97. The van der Waals surface area contributed by atoms with E-state index < -0.39 is 26.9 Å². The molecule has 0 radical (unpaired) electrons. The van der Waals surface area contributed by atoms with Crippen LogP contribution in [-0.4, -0.2) is 34.4 Å². The molecule has 0 aliphatic carbocycles. The second kappa shape index (κ2) is 21.8. The topological polar surface area (TPSA) is 32.3 Å². The summed E-state index contributed by atoms with van der Waals surface area (Å²) in [4.78, 5) is 25.0. The van der Waals surface area contributed by atoms with Gasteiger partial charge in [-0.2, -0.15) is 0 Å². The van der Waals surface area contributed by atoms with E-state index in [2.05, 4.69) is 62.4 Å². The molecule has 4 nitrogen and oxygen atoms in total. The maximum absolute atomic E-state index is 16.6. The number of fused-ring (bicyclic) bond motifs is 3. The minimum Gasteiger partial charge on any atom is -0.342 e. The molecule has 2 atom stereocenters. The molecule has 0 spiro atoms. The predicted octanol–water partition coefficient (Wildman–Crippen LogP) is 20.3. The van der Waals surface area contributed by atoms with Crippen molar-refractivity contribution in [1.29, 1.82) is 0 Å². The van der Waals surface area contributed by atoms with Gasteiger partial charge in [0.1, 0.15) is 22.1 Å². The van der Waals surface area contributed by atoms with Gasteiger partial charge in [0.25, 0.3) is 0 Å². The number of hydrogen-bond donors (Lipinski definition) is 0. The summed E-state index contributed by atoms with van der Waals surface area (Å²) in [7, 11) is -6.01. The summed E-state index contributed by atoms with van der Waals surface area (Å²) in [6.45, 7) is 4.46. The molecule has 0 saturated heterocycles. The maximum atomic E-state index is 16.6. The fraction of sp³-hybridized carbons (Fsp3) is 0.250. The van der Waals surface area contributed by atoms with Crippen molar-refractivity contribution in [3.05, 3.63) is 162 Å². The summed E-state index contributed by atoms with van der Waals surface area (Å²) in [6, 6.07) is 38.0. The molecule has 374 valence electrons. The average Bonchev–Trinajstić information content (AvgIpc) is 4.26. The van der Waals surface area contributed by atoms with E-state index in [1.165, 1.54) is 116 Å². The smallest absolute Gasteiger partial charge is 0.342 e. The van der Waals surface area contributed by atoms with E-state index >= 15 is 17.3 Å². The molecular formula is C56H48B2F4N4S8. The molecule has 10 aromatic rings. The lowest BCUT2D eigenvalue weighted by Gasteiger charge is -2.31. The molecule has 0 amide bonds. The lowest BCUT2D eigenvalue weighted by Crippen LogP contribution is -2.36. The minimum absolute atomic E-state index is 0.239. The van der Waals surface area contributed by atoms with Crippen LogP contribution in [0.2, 0.25) is 0 Å². The van der Waals surface area contributed by atoms with E-state index in [1.807, 2.05) is 95.5 Å². The number of aromatic nitrogens is 2. The van der Waals surface area contributed by atoms with Gasteiger partial charge in [-0.15, -0.1) is 90.7 Å². The van der Waals surface area contributed by atoms with Crippen LogP contribution in [0, 0.1) is 0 Å². The Bertz CT molecular complexity index is 3360. The van der Waals surface area contributed by atoms with Crippen LogP contribution < -0.4 is 0 Å². The molecule has 10 heterocycles. The SMILES string of the molecule is CCCCCCc1ccc(-c2ccc(-c3ccc(C4=C5C(=C(c6ccc(-c7ccc(-c8ccc(CCCCCC)s8)s7)s6)N(B(F)F)C5c5nc6ccccc6s5)C(c5nc6ccccc6s5)N4B(F)F)s3)s2)s1. The van der Waals surface area contributed by atoms with Gasteiger partial charge in [-0.25, -0.2) is 9.97 Å².